The molecule has 1 heterocycles. The van der Waals surface area contributed by atoms with E-state index < -0.39 is 15.9 Å². The van der Waals surface area contributed by atoms with E-state index in [-0.39, 0.29) is 17.3 Å². The van der Waals surface area contributed by atoms with E-state index in [9.17, 15) is 18.0 Å². The number of aryl methyl sites for hydroxylation is 1. The summed E-state index contributed by atoms with van der Waals surface area (Å²) in [7, 11) is -3.60. The quantitative estimate of drug-likeness (QED) is 0.470. The molecule has 0 spiro atoms. The Morgan fingerprint density at radius 2 is 1.54 bits per heavy atom. The van der Waals surface area contributed by atoms with Crippen LogP contribution in [0.25, 0.3) is 0 Å². The maximum atomic E-state index is 13.0. The van der Waals surface area contributed by atoms with E-state index in [4.69, 9.17) is 4.74 Å². The summed E-state index contributed by atoms with van der Waals surface area (Å²) in [4.78, 5) is 25.2. The van der Waals surface area contributed by atoms with Crippen molar-refractivity contribution in [3.63, 3.8) is 0 Å². The van der Waals surface area contributed by atoms with Gasteiger partial charge in [-0.05, 0) is 61.7 Å². The Labute approximate surface area is 205 Å². The van der Waals surface area contributed by atoms with Crippen LogP contribution < -0.4 is 10.1 Å². The van der Waals surface area contributed by atoms with Crippen LogP contribution in [0.5, 0.6) is 5.75 Å². The van der Waals surface area contributed by atoms with E-state index in [0.29, 0.717) is 35.7 Å². The van der Waals surface area contributed by atoms with Gasteiger partial charge in [-0.1, -0.05) is 42.8 Å². The minimum absolute atomic E-state index is 0.0928. The number of sulfonamides is 1. The Kier molecular flexibility index (Phi) is 7.63. The zero-order valence-electron chi connectivity index (χ0n) is 19.6. The Morgan fingerprint density at radius 3 is 2.23 bits per heavy atom. The Balaban J connectivity index is 1.37. The molecule has 3 aromatic rings. The number of hydrogen-bond donors (Lipinski definition) is 1. The molecule has 0 saturated carbocycles. The SMILES string of the molecule is Cc1ccc(S(=O)(=O)N2CCCCC2)cc1NC(=O)COc1ccc(C(=O)c2ccccc2)cc1. The van der Waals surface area contributed by atoms with Gasteiger partial charge in [0.25, 0.3) is 5.91 Å². The van der Waals surface area contributed by atoms with Crippen molar-refractivity contribution >= 4 is 27.4 Å². The van der Waals surface area contributed by atoms with E-state index in [0.717, 1.165) is 24.8 Å². The molecule has 1 amide bonds. The fourth-order valence-corrected chi connectivity index (χ4v) is 5.49. The Morgan fingerprint density at radius 1 is 0.886 bits per heavy atom. The van der Waals surface area contributed by atoms with E-state index in [1.165, 1.54) is 10.4 Å². The topological polar surface area (TPSA) is 92.8 Å². The van der Waals surface area contributed by atoms with Crippen molar-refractivity contribution in [1.29, 1.82) is 0 Å². The molecule has 1 N–H and O–H groups in total. The van der Waals surface area contributed by atoms with Crippen LogP contribution in [0.2, 0.25) is 0 Å². The number of ether oxygens (including phenoxy) is 1. The average Bonchev–Trinajstić information content (AvgIpc) is 2.89. The van der Waals surface area contributed by atoms with Gasteiger partial charge >= 0.3 is 0 Å². The molecule has 0 unspecified atom stereocenters. The van der Waals surface area contributed by atoms with Crippen LogP contribution in [0.15, 0.2) is 77.7 Å². The van der Waals surface area contributed by atoms with Crippen molar-refractivity contribution in [2.75, 3.05) is 25.0 Å². The number of rotatable bonds is 8. The van der Waals surface area contributed by atoms with Crippen molar-refractivity contribution in [2.24, 2.45) is 0 Å². The summed E-state index contributed by atoms with van der Waals surface area (Å²) in [6.07, 6.45) is 2.74. The minimum Gasteiger partial charge on any atom is -0.484 e. The number of nitrogens with one attached hydrogen (secondary N) is 1. The molecular weight excluding hydrogens is 464 g/mol. The second kappa shape index (κ2) is 10.8. The van der Waals surface area contributed by atoms with Crippen LogP contribution in [0.4, 0.5) is 5.69 Å². The van der Waals surface area contributed by atoms with Gasteiger partial charge in [0.05, 0.1) is 4.90 Å². The molecule has 1 fully saturated rings. The van der Waals surface area contributed by atoms with Gasteiger partial charge in [-0.25, -0.2) is 8.42 Å². The molecule has 1 aliphatic heterocycles. The lowest BCUT2D eigenvalue weighted by molar-refractivity contribution is -0.118. The lowest BCUT2D eigenvalue weighted by Crippen LogP contribution is -2.35. The Hall–Kier alpha value is -3.49. The van der Waals surface area contributed by atoms with E-state index >= 15 is 0 Å². The van der Waals surface area contributed by atoms with E-state index in [1.54, 1.807) is 55.5 Å². The van der Waals surface area contributed by atoms with Crippen LogP contribution in [0.3, 0.4) is 0 Å². The van der Waals surface area contributed by atoms with Crippen molar-refractivity contribution in [2.45, 2.75) is 31.1 Å². The predicted octanol–water partition coefficient (Wildman–Crippen LogP) is 4.42. The molecule has 0 radical (unpaired) electrons. The molecule has 1 aliphatic rings. The van der Waals surface area contributed by atoms with Gasteiger partial charge in [0, 0.05) is 29.9 Å². The normalized spacial score (nSPS) is 14.3. The molecule has 0 aromatic heterocycles. The zero-order valence-corrected chi connectivity index (χ0v) is 20.4. The predicted molar refractivity (Wildman–Crippen MR) is 134 cm³/mol. The maximum absolute atomic E-state index is 13.0. The maximum Gasteiger partial charge on any atom is 0.262 e. The molecule has 3 aromatic carbocycles. The molecule has 8 heteroatoms. The summed E-state index contributed by atoms with van der Waals surface area (Å²) in [6, 6.07) is 20.3. The second-order valence-corrected chi connectivity index (χ2v) is 10.4. The van der Waals surface area contributed by atoms with Crippen LogP contribution in [-0.4, -0.2) is 44.1 Å². The smallest absolute Gasteiger partial charge is 0.262 e. The number of amides is 1. The van der Waals surface area contributed by atoms with Gasteiger partial charge in [-0.2, -0.15) is 4.31 Å². The highest BCUT2D eigenvalue weighted by molar-refractivity contribution is 7.89. The summed E-state index contributed by atoms with van der Waals surface area (Å²) in [5.74, 6) is -0.0577. The highest BCUT2D eigenvalue weighted by Gasteiger charge is 2.26. The summed E-state index contributed by atoms with van der Waals surface area (Å²) in [6.45, 7) is 2.58. The number of piperidine rings is 1. The first kappa shape index (κ1) is 24.6. The molecule has 7 nitrogen and oxygen atoms in total. The molecule has 1 saturated heterocycles. The Bertz CT molecular complexity index is 1300. The summed E-state index contributed by atoms with van der Waals surface area (Å²) >= 11 is 0. The third kappa shape index (κ3) is 5.96. The van der Waals surface area contributed by atoms with Gasteiger partial charge in [0.15, 0.2) is 12.4 Å². The first-order chi connectivity index (χ1) is 16.8. The standard InChI is InChI=1S/C27H28N2O5S/c1-20-10-15-24(35(32,33)29-16-6-3-7-17-29)18-25(20)28-26(30)19-34-23-13-11-22(12-14-23)27(31)21-8-4-2-5-9-21/h2,4-5,8-15,18H,3,6-7,16-17,19H2,1H3,(H,28,30). The molecule has 182 valence electrons. The molecule has 0 bridgehead atoms. The lowest BCUT2D eigenvalue weighted by atomic mass is 10.0. The number of carbonyl (C=O) groups excluding carboxylic acids is 2. The molecular formula is C27H28N2O5S. The number of ketones is 1. The summed E-state index contributed by atoms with van der Waals surface area (Å²) in [5.41, 5.74) is 2.30. The molecule has 35 heavy (non-hydrogen) atoms. The van der Waals surface area contributed by atoms with Gasteiger partial charge in [0.2, 0.25) is 10.0 Å². The number of nitrogens with zero attached hydrogens (tertiary/aromatic N) is 1. The summed E-state index contributed by atoms with van der Waals surface area (Å²) in [5, 5.41) is 2.75. The number of hydrogen-bond acceptors (Lipinski definition) is 5. The van der Waals surface area contributed by atoms with Crippen LogP contribution >= 0.6 is 0 Å². The largest absolute Gasteiger partial charge is 0.484 e. The number of anilines is 1. The fraction of sp³-hybridized carbons (Fsp3) is 0.259. The highest BCUT2D eigenvalue weighted by atomic mass is 32.2. The minimum atomic E-state index is -3.60. The van der Waals surface area contributed by atoms with Crippen molar-refractivity contribution < 1.29 is 22.7 Å². The second-order valence-electron chi connectivity index (χ2n) is 8.50. The zero-order chi connectivity index (χ0) is 24.8. The fourth-order valence-electron chi connectivity index (χ4n) is 3.94. The van der Waals surface area contributed by atoms with Crippen LogP contribution in [0, 0.1) is 6.92 Å². The van der Waals surface area contributed by atoms with Crippen LogP contribution in [-0.2, 0) is 14.8 Å². The van der Waals surface area contributed by atoms with Crippen molar-refractivity contribution in [1.82, 2.24) is 4.31 Å². The lowest BCUT2D eigenvalue weighted by Gasteiger charge is -2.26. The monoisotopic (exact) mass is 492 g/mol. The molecule has 0 aliphatic carbocycles. The highest BCUT2D eigenvalue weighted by Crippen LogP contribution is 2.25. The van der Waals surface area contributed by atoms with E-state index in [2.05, 4.69) is 5.32 Å². The summed E-state index contributed by atoms with van der Waals surface area (Å²) < 4.78 is 33.0. The first-order valence-corrected chi connectivity index (χ1v) is 13.0. The third-order valence-corrected chi connectivity index (χ3v) is 7.85. The number of carbonyl (C=O) groups is 2. The number of benzene rings is 3. The average molecular weight is 493 g/mol. The van der Waals surface area contributed by atoms with Gasteiger partial charge in [-0.3, -0.25) is 9.59 Å². The van der Waals surface area contributed by atoms with Crippen molar-refractivity contribution in [3.8, 4) is 5.75 Å². The van der Waals surface area contributed by atoms with Gasteiger partial charge in [0.1, 0.15) is 5.75 Å². The first-order valence-electron chi connectivity index (χ1n) is 11.6. The molecule has 0 atom stereocenters. The van der Waals surface area contributed by atoms with Crippen LogP contribution in [0.1, 0.15) is 40.7 Å². The van der Waals surface area contributed by atoms with E-state index in [1.807, 2.05) is 18.2 Å². The van der Waals surface area contributed by atoms with Gasteiger partial charge in [-0.15, -0.1) is 0 Å². The molecule has 4 rings (SSSR count). The van der Waals surface area contributed by atoms with Crippen molar-refractivity contribution in [3.05, 3.63) is 89.5 Å². The third-order valence-electron chi connectivity index (χ3n) is 5.96. The van der Waals surface area contributed by atoms with Gasteiger partial charge < -0.3 is 10.1 Å².